The van der Waals surface area contributed by atoms with Crippen LogP contribution in [0.3, 0.4) is 0 Å². The van der Waals surface area contributed by atoms with Crippen molar-refractivity contribution in [1.82, 2.24) is 9.88 Å². The molecule has 0 N–H and O–H groups in total. The normalized spacial score (nSPS) is 19.3. The Kier molecular flexibility index (Phi) is 4.00. The number of aromatic nitrogens is 1. The Morgan fingerprint density at radius 2 is 2.13 bits per heavy atom. The van der Waals surface area contributed by atoms with Crippen molar-refractivity contribution < 1.29 is 0 Å². The monoisotopic (exact) mass is 288 g/mol. The zero-order valence-electron chi connectivity index (χ0n) is 8.50. The van der Waals surface area contributed by atoms with Gasteiger partial charge in [-0.15, -0.1) is 11.6 Å². The first-order valence-corrected chi connectivity index (χ1v) is 6.43. The van der Waals surface area contributed by atoms with Crippen molar-refractivity contribution in [3.8, 4) is 0 Å². The van der Waals surface area contributed by atoms with Gasteiger partial charge in [0.15, 0.2) is 0 Å². The van der Waals surface area contributed by atoms with Crippen LogP contribution >= 0.6 is 27.5 Å². The van der Waals surface area contributed by atoms with Gasteiger partial charge in [-0.2, -0.15) is 0 Å². The molecule has 0 aromatic carbocycles. The van der Waals surface area contributed by atoms with Crippen molar-refractivity contribution in [1.29, 1.82) is 0 Å². The predicted octanol–water partition coefficient (Wildman–Crippen LogP) is 3.05. The van der Waals surface area contributed by atoms with Crippen LogP contribution in [0.1, 0.15) is 18.4 Å². The number of rotatable bonds is 2. The largest absolute Gasteiger partial charge is 0.299 e. The first-order chi connectivity index (χ1) is 7.24. The van der Waals surface area contributed by atoms with Gasteiger partial charge >= 0.3 is 0 Å². The SMILES string of the molecule is ClC1CCN(Cc2cncc(Br)c2)CC1. The smallest absolute Gasteiger partial charge is 0.0410 e. The summed E-state index contributed by atoms with van der Waals surface area (Å²) >= 11 is 9.50. The molecule has 4 heteroatoms. The Balaban J connectivity index is 1.92. The number of hydrogen-bond acceptors (Lipinski definition) is 2. The molecule has 2 nitrogen and oxygen atoms in total. The third kappa shape index (κ3) is 3.44. The van der Waals surface area contributed by atoms with E-state index in [1.807, 2.05) is 12.4 Å². The molecule has 0 unspecified atom stereocenters. The molecule has 1 aromatic heterocycles. The third-order valence-corrected chi connectivity index (χ3v) is 3.55. The summed E-state index contributed by atoms with van der Waals surface area (Å²) in [4.78, 5) is 6.60. The number of halogens is 2. The molecule has 0 amide bonds. The molecule has 0 radical (unpaired) electrons. The van der Waals surface area contributed by atoms with Gasteiger partial charge in [0.25, 0.3) is 0 Å². The fourth-order valence-electron chi connectivity index (χ4n) is 1.86. The molecular weight excluding hydrogens is 275 g/mol. The minimum atomic E-state index is 0.377. The molecule has 0 saturated carbocycles. The van der Waals surface area contributed by atoms with E-state index < -0.39 is 0 Å². The van der Waals surface area contributed by atoms with Crippen LogP contribution in [0.25, 0.3) is 0 Å². The van der Waals surface area contributed by atoms with Crippen LogP contribution in [0.15, 0.2) is 22.9 Å². The molecule has 2 heterocycles. The molecule has 82 valence electrons. The quantitative estimate of drug-likeness (QED) is 0.778. The van der Waals surface area contributed by atoms with Gasteiger partial charge in [0.1, 0.15) is 0 Å². The number of hydrogen-bond donors (Lipinski definition) is 0. The molecule has 0 atom stereocenters. The maximum absolute atomic E-state index is 6.06. The van der Waals surface area contributed by atoms with E-state index in [2.05, 4.69) is 31.9 Å². The summed E-state index contributed by atoms with van der Waals surface area (Å²) in [5.74, 6) is 0. The van der Waals surface area contributed by atoms with E-state index in [1.165, 1.54) is 5.56 Å². The average molecular weight is 290 g/mol. The second-order valence-electron chi connectivity index (χ2n) is 3.96. The van der Waals surface area contributed by atoms with E-state index in [0.717, 1.165) is 36.9 Å². The molecular formula is C11H14BrClN2. The Bertz CT molecular complexity index is 324. The van der Waals surface area contributed by atoms with Crippen molar-refractivity contribution in [3.05, 3.63) is 28.5 Å². The zero-order valence-corrected chi connectivity index (χ0v) is 10.8. The summed E-state index contributed by atoms with van der Waals surface area (Å²) in [5.41, 5.74) is 1.26. The minimum absolute atomic E-state index is 0.377. The van der Waals surface area contributed by atoms with E-state index >= 15 is 0 Å². The standard InChI is InChI=1S/C11H14BrClN2/c12-10-5-9(6-14-7-10)8-15-3-1-11(13)2-4-15/h5-7,11H,1-4,8H2. The van der Waals surface area contributed by atoms with Gasteiger partial charge in [0, 0.05) is 28.8 Å². The maximum atomic E-state index is 6.06. The van der Waals surface area contributed by atoms with Gasteiger partial charge in [-0.25, -0.2) is 0 Å². The first-order valence-electron chi connectivity index (χ1n) is 5.20. The fourth-order valence-corrected chi connectivity index (χ4v) is 2.47. The average Bonchev–Trinajstić information content (AvgIpc) is 2.22. The van der Waals surface area contributed by atoms with E-state index in [-0.39, 0.29) is 0 Å². The molecule has 0 bridgehead atoms. The van der Waals surface area contributed by atoms with Crippen LogP contribution < -0.4 is 0 Å². The lowest BCUT2D eigenvalue weighted by atomic mass is 10.1. The molecule has 15 heavy (non-hydrogen) atoms. The van der Waals surface area contributed by atoms with Crippen LogP contribution in [-0.4, -0.2) is 28.4 Å². The Labute approximate surface area is 104 Å². The highest BCUT2D eigenvalue weighted by atomic mass is 79.9. The Hall–Kier alpha value is -0.120. The zero-order chi connectivity index (χ0) is 10.7. The summed E-state index contributed by atoms with van der Waals surface area (Å²) in [6.45, 7) is 3.18. The topological polar surface area (TPSA) is 16.1 Å². The summed E-state index contributed by atoms with van der Waals surface area (Å²) < 4.78 is 1.05. The predicted molar refractivity (Wildman–Crippen MR) is 66.1 cm³/mol. The number of nitrogens with zero attached hydrogens (tertiary/aromatic N) is 2. The number of alkyl halides is 1. The maximum Gasteiger partial charge on any atom is 0.0410 e. The highest BCUT2D eigenvalue weighted by molar-refractivity contribution is 9.10. The van der Waals surface area contributed by atoms with Crippen molar-refractivity contribution in [2.24, 2.45) is 0 Å². The highest BCUT2D eigenvalue weighted by Gasteiger charge is 2.16. The molecule has 1 aromatic rings. The molecule has 2 rings (SSSR count). The van der Waals surface area contributed by atoms with Crippen LogP contribution in [-0.2, 0) is 6.54 Å². The minimum Gasteiger partial charge on any atom is -0.299 e. The van der Waals surface area contributed by atoms with Gasteiger partial charge in [-0.05, 0) is 53.5 Å². The molecule has 1 aliphatic rings. The van der Waals surface area contributed by atoms with Gasteiger partial charge in [-0.3, -0.25) is 9.88 Å². The van der Waals surface area contributed by atoms with E-state index in [0.29, 0.717) is 5.38 Å². The van der Waals surface area contributed by atoms with Crippen LogP contribution in [0.5, 0.6) is 0 Å². The summed E-state index contributed by atoms with van der Waals surface area (Å²) in [5, 5.41) is 0.377. The fraction of sp³-hybridized carbons (Fsp3) is 0.545. The molecule has 1 aliphatic heterocycles. The second kappa shape index (κ2) is 5.28. The van der Waals surface area contributed by atoms with Crippen molar-refractivity contribution >= 4 is 27.5 Å². The van der Waals surface area contributed by atoms with E-state index in [9.17, 15) is 0 Å². The van der Waals surface area contributed by atoms with Gasteiger partial charge < -0.3 is 0 Å². The summed E-state index contributed by atoms with van der Waals surface area (Å²) in [6, 6.07) is 2.12. The third-order valence-electron chi connectivity index (χ3n) is 2.68. The van der Waals surface area contributed by atoms with E-state index in [1.54, 1.807) is 0 Å². The van der Waals surface area contributed by atoms with Gasteiger partial charge in [0.2, 0.25) is 0 Å². The molecule has 0 spiro atoms. The van der Waals surface area contributed by atoms with Crippen LogP contribution in [0, 0.1) is 0 Å². The summed E-state index contributed by atoms with van der Waals surface area (Å²) in [6.07, 6.45) is 5.94. The Morgan fingerprint density at radius 3 is 2.80 bits per heavy atom. The van der Waals surface area contributed by atoms with Crippen molar-refractivity contribution in [2.45, 2.75) is 24.8 Å². The molecule has 1 saturated heterocycles. The van der Waals surface area contributed by atoms with Crippen molar-refractivity contribution in [3.63, 3.8) is 0 Å². The van der Waals surface area contributed by atoms with E-state index in [4.69, 9.17) is 11.6 Å². The lowest BCUT2D eigenvalue weighted by molar-refractivity contribution is 0.223. The van der Waals surface area contributed by atoms with Gasteiger partial charge in [-0.1, -0.05) is 0 Å². The van der Waals surface area contributed by atoms with Crippen LogP contribution in [0.2, 0.25) is 0 Å². The first kappa shape index (κ1) is 11.4. The highest BCUT2D eigenvalue weighted by Crippen LogP contribution is 2.18. The van der Waals surface area contributed by atoms with Gasteiger partial charge in [0.05, 0.1) is 0 Å². The Morgan fingerprint density at radius 1 is 1.40 bits per heavy atom. The van der Waals surface area contributed by atoms with Crippen LogP contribution in [0.4, 0.5) is 0 Å². The number of likely N-dealkylation sites (tertiary alicyclic amines) is 1. The summed E-state index contributed by atoms with van der Waals surface area (Å²) in [7, 11) is 0. The number of piperidine rings is 1. The molecule has 1 fully saturated rings. The lowest BCUT2D eigenvalue weighted by Crippen LogP contribution is -2.33. The number of pyridine rings is 1. The lowest BCUT2D eigenvalue weighted by Gasteiger charge is -2.29. The second-order valence-corrected chi connectivity index (χ2v) is 5.50. The van der Waals surface area contributed by atoms with Crippen molar-refractivity contribution in [2.75, 3.05) is 13.1 Å². The molecule has 0 aliphatic carbocycles.